The summed E-state index contributed by atoms with van der Waals surface area (Å²) in [5.74, 6) is -0.128. The molecule has 1 aliphatic rings. The summed E-state index contributed by atoms with van der Waals surface area (Å²) in [6.45, 7) is 2.83. The molecule has 0 aliphatic carbocycles. The van der Waals surface area contributed by atoms with Gasteiger partial charge in [0, 0.05) is 55.6 Å². The standard InChI is InChI=1S/C21H21FN4OS/c22-16-4-6-19(7-5-16)25-9-11-26(12-10-25)21(27)14-18-15-28-20(24-18)13-17-3-1-2-8-23-17/h1-8,15H,9-14H2. The molecule has 0 bridgehead atoms. The van der Waals surface area contributed by atoms with Gasteiger partial charge >= 0.3 is 0 Å². The lowest BCUT2D eigenvalue weighted by Crippen LogP contribution is -2.49. The van der Waals surface area contributed by atoms with Crippen LogP contribution in [0.25, 0.3) is 0 Å². The van der Waals surface area contributed by atoms with Crippen molar-refractivity contribution < 1.29 is 9.18 Å². The summed E-state index contributed by atoms with van der Waals surface area (Å²) in [4.78, 5) is 25.6. The first-order valence-electron chi connectivity index (χ1n) is 9.29. The number of pyridine rings is 1. The van der Waals surface area contributed by atoms with Gasteiger partial charge in [0.1, 0.15) is 5.82 Å². The fourth-order valence-electron chi connectivity index (χ4n) is 3.30. The van der Waals surface area contributed by atoms with Gasteiger partial charge in [0.05, 0.1) is 17.1 Å². The highest BCUT2D eigenvalue weighted by molar-refractivity contribution is 7.09. The zero-order valence-electron chi connectivity index (χ0n) is 15.4. The molecule has 0 saturated carbocycles. The van der Waals surface area contributed by atoms with Crippen LogP contribution in [-0.4, -0.2) is 47.0 Å². The van der Waals surface area contributed by atoms with Crippen molar-refractivity contribution >= 4 is 22.9 Å². The van der Waals surface area contributed by atoms with Crippen molar-refractivity contribution in [1.29, 1.82) is 0 Å². The lowest BCUT2D eigenvalue weighted by molar-refractivity contribution is -0.130. The molecule has 144 valence electrons. The maximum Gasteiger partial charge on any atom is 0.228 e. The lowest BCUT2D eigenvalue weighted by atomic mass is 10.2. The smallest absolute Gasteiger partial charge is 0.228 e. The number of hydrogen-bond acceptors (Lipinski definition) is 5. The summed E-state index contributed by atoms with van der Waals surface area (Å²) in [5, 5.41) is 2.94. The first-order valence-corrected chi connectivity index (χ1v) is 10.2. The normalized spacial score (nSPS) is 14.3. The SMILES string of the molecule is O=C(Cc1csc(Cc2ccccn2)n1)N1CCN(c2ccc(F)cc2)CC1. The number of nitrogens with zero attached hydrogens (tertiary/aromatic N) is 4. The van der Waals surface area contributed by atoms with Crippen LogP contribution in [0.15, 0.2) is 54.0 Å². The van der Waals surface area contributed by atoms with E-state index in [1.54, 1.807) is 29.7 Å². The number of amides is 1. The number of anilines is 1. The molecule has 1 aromatic carbocycles. The average molecular weight is 396 g/mol. The number of aromatic nitrogens is 2. The molecule has 7 heteroatoms. The predicted molar refractivity (Wildman–Crippen MR) is 108 cm³/mol. The molecule has 28 heavy (non-hydrogen) atoms. The molecule has 1 amide bonds. The van der Waals surface area contributed by atoms with E-state index in [0.717, 1.165) is 35.2 Å². The van der Waals surface area contributed by atoms with Crippen molar-refractivity contribution in [2.75, 3.05) is 31.1 Å². The number of carbonyl (C=O) groups excluding carboxylic acids is 1. The fourth-order valence-corrected chi connectivity index (χ4v) is 4.11. The Morgan fingerprint density at radius 3 is 2.54 bits per heavy atom. The van der Waals surface area contributed by atoms with E-state index in [2.05, 4.69) is 14.9 Å². The van der Waals surface area contributed by atoms with Gasteiger partial charge in [-0.2, -0.15) is 0 Å². The molecule has 0 unspecified atom stereocenters. The van der Waals surface area contributed by atoms with Gasteiger partial charge in [0.15, 0.2) is 0 Å². The molecule has 4 rings (SSSR count). The maximum atomic E-state index is 13.1. The molecule has 1 fully saturated rings. The first kappa shape index (κ1) is 18.6. The minimum Gasteiger partial charge on any atom is -0.368 e. The Hall–Kier alpha value is -2.80. The van der Waals surface area contributed by atoms with Gasteiger partial charge in [0.2, 0.25) is 5.91 Å². The molecule has 5 nitrogen and oxygen atoms in total. The minimum atomic E-state index is -0.233. The Balaban J connectivity index is 1.29. The van der Waals surface area contributed by atoms with Gasteiger partial charge in [-0.25, -0.2) is 9.37 Å². The van der Waals surface area contributed by atoms with Crippen LogP contribution in [0.1, 0.15) is 16.4 Å². The summed E-state index contributed by atoms with van der Waals surface area (Å²) in [6, 6.07) is 12.3. The highest BCUT2D eigenvalue weighted by Crippen LogP contribution is 2.18. The van der Waals surface area contributed by atoms with Crippen LogP contribution in [0.2, 0.25) is 0 Å². The fraction of sp³-hybridized carbons (Fsp3) is 0.286. The third kappa shape index (κ3) is 4.54. The average Bonchev–Trinajstić information content (AvgIpc) is 3.16. The minimum absolute atomic E-state index is 0.105. The van der Waals surface area contributed by atoms with E-state index < -0.39 is 0 Å². The van der Waals surface area contributed by atoms with Gasteiger partial charge in [-0.15, -0.1) is 11.3 Å². The van der Waals surface area contributed by atoms with E-state index in [-0.39, 0.29) is 11.7 Å². The van der Waals surface area contributed by atoms with E-state index in [9.17, 15) is 9.18 Å². The monoisotopic (exact) mass is 396 g/mol. The van der Waals surface area contributed by atoms with Crippen LogP contribution in [0.4, 0.5) is 10.1 Å². The molecule has 1 aliphatic heterocycles. The highest BCUT2D eigenvalue weighted by atomic mass is 32.1. The van der Waals surface area contributed by atoms with E-state index in [0.29, 0.717) is 25.9 Å². The molecule has 1 saturated heterocycles. The summed E-state index contributed by atoms with van der Waals surface area (Å²) >= 11 is 1.57. The molecule has 0 N–H and O–H groups in total. The Labute approximate surface area is 167 Å². The number of benzene rings is 1. The summed E-state index contributed by atoms with van der Waals surface area (Å²) < 4.78 is 13.1. The van der Waals surface area contributed by atoms with Crippen molar-refractivity contribution in [2.24, 2.45) is 0 Å². The van der Waals surface area contributed by atoms with Crippen molar-refractivity contribution in [2.45, 2.75) is 12.8 Å². The zero-order valence-corrected chi connectivity index (χ0v) is 16.2. The lowest BCUT2D eigenvalue weighted by Gasteiger charge is -2.36. The number of piperazine rings is 1. The highest BCUT2D eigenvalue weighted by Gasteiger charge is 2.22. The second-order valence-electron chi connectivity index (χ2n) is 6.75. The van der Waals surface area contributed by atoms with E-state index >= 15 is 0 Å². The van der Waals surface area contributed by atoms with Gasteiger partial charge in [-0.1, -0.05) is 6.07 Å². The van der Waals surface area contributed by atoms with Crippen LogP contribution < -0.4 is 4.90 Å². The predicted octanol–water partition coefficient (Wildman–Crippen LogP) is 3.16. The number of rotatable bonds is 5. The van der Waals surface area contributed by atoms with Gasteiger partial charge in [0.25, 0.3) is 0 Å². The van der Waals surface area contributed by atoms with Gasteiger partial charge in [-0.3, -0.25) is 9.78 Å². The first-order chi connectivity index (χ1) is 13.7. The van der Waals surface area contributed by atoms with Crippen molar-refractivity contribution in [3.8, 4) is 0 Å². The number of thiazole rings is 1. The third-order valence-corrected chi connectivity index (χ3v) is 5.71. The zero-order chi connectivity index (χ0) is 19.3. The molecule has 0 spiro atoms. The van der Waals surface area contributed by atoms with Crippen LogP contribution in [-0.2, 0) is 17.6 Å². The Kier molecular flexibility index (Phi) is 5.62. The Bertz CT molecular complexity index is 921. The second-order valence-corrected chi connectivity index (χ2v) is 7.69. The second kappa shape index (κ2) is 8.48. The summed E-state index contributed by atoms with van der Waals surface area (Å²) in [5.41, 5.74) is 2.79. The van der Waals surface area contributed by atoms with Crippen LogP contribution in [0.3, 0.4) is 0 Å². The van der Waals surface area contributed by atoms with Crippen molar-refractivity contribution in [3.63, 3.8) is 0 Å². The van der Waals surface area contributed by atoms with Crippen LogP contribution in [0, 0.1) is 5.82 Å². The molecule has 0 atom stereocenters. The summed E-state index contributed by atoms with van der Waals surface area (Å²) in [7, 11) is 0. The van der Waals surface area contributed by atoms with Crippen molar-refractivity contribution in [1.82, 2.24) is 14.9 Å². The van der Waals surface area contributed by atoms with Crippen molar-refractivity contribution in [3.05, 3.63) is 76.3 Å². The van der Waals surface area contributed by atoms with Gasteiger partial charge < -0.3 is 9.80 Å². The van der Waals surface area contributed by atoms with Gasteiger partial charge in [-0.05, 0) is 36.4 Å². The molecular formula is C21H21FN4OS. The molecule has 0 radical (unpaired) electrons. The molecule has 3 aromatic rings. The largest absolute Gasteiger partial charge is 0.368 e. The Morgan fingerprint density at radius 1 is 1.04 bits per heavy atom. The third-order valence-electron chi connectivity index (χ3n) is 4.81. The van der Waals surface area contributed by atoms with Crippen LogP contribution >= 0.6 is 11.3 Å². The number of halogens is 1. The molecular weight excluding hydrogens is 375 g/mol. The maximum absolute atomic E-state index is 13.1. The quantitative estimate of drug-likeness (QED) is 0.665. The van der Waals surface area contributed by atoms with E-state index in [1.807, 2.05) is 28.5 Å². The molecule has 2 aromatic heterocycles. The topological polar surface area (TPSA) is 49.3 Å². The molecule has 3 heterocycles. The Morgan fingerprint density at radius 2 is 1.82 bits per heavy atom. The summed E-state index contributed by atoms with van der Waals surface area (Å²) in [6.07, 6.45) is 2.80. The van der Waals surface area contributed by atoms with Crippen LogP contribution in [0.5, 0.6) is 0 Å². The number of carbonyl (C=O) groups is 1. The van der Waals surface area contributed by atoms with E-state index in [4.69, 9.17) is 0 Å². The number of hydrogen-bond donors (Lipinski definition) is 0. The van der Waals surface area contributed by atoms with E-state index in [1.165, 1.54) is 12.1 Å².